The molecule has 0 atom stereocenters. The number of nitrogens with zero attached hydrogens (tertiary/aromatic N) is 4. The van der Waals surface area contributed by atoms with Gasteiger partial charge in [0.15, 0.2) is 0 Å². The zero-order valence-corrected chi connectivity index (χ0v) is 14.5. The molecule has 0 N–H and O–H groups in total. The van der Waals surface area contributed by atoms with Crippen LogP contribution in [0.1, 0.15) is 11.1 Å². The van der Waals surface area contributed by atoms with Crippen LogP contribution in [0.3, 0.4) is 0 Å². The molecule has 1 amide bonds. The maximum Gasteiger partial charge on any atom is 0.250 e. The fourth-order valence-corrected chi connectivity index (χ4v) is 2.79. The van der Waals surface area contributed by atoms with Crippen molar-refractivity contribution in [2.24, 2.45) is 7.05 Å². The van der Waals surface area contributed by atoms with E-state index in [1.807, 2.05) is 55.7 Å². The predicted molar refractivity (Wildman–Crippen MR) is 101 cm³/mol. The molecule has 0 spiro atoms. The molecule has 0 aliphatic heterocycles. The second kappa shape index (κ2) is 7.49. The number of rotatable bonds is 5. The lowest BCUT2D eigenvalue weighted by Gasteiger charge is -2.21. The van der Waals surface area contributed by atoms with Crippen LogP contribution in [-0.4, -0.2) is 15.7 Å². The Morgan fingerprint density at radius 1 is 1.27 bits per heavy atom. The van der Waals surface area contributed by atoms with Crippen LogP contribution in [0.5, 0.6) is 0 Å². The highest BCUT2D eigenvalue weighted by Crippen LogP contribution is 2.30. The van der Waals surface area contributed by atoms with Crippen LogP contribution in [0.15, 0.2) is 73.4 Å². The smallest absolute Gasteiger partial charge is 0.250 e. The Labute approximate surface area is 152 Å². The van der Waals surface area contributed by atoms with Crippen LogP contribution in [0.4, 0.5) is 5.69 Å². The quantitative estimate of drug-likeness (QED) is 0.665. The number of carbonyl (C=O) groups is 1. The first-order valence-electron chi connectivity index (χ1n) is 8.14. The van der Waals surface area contributed by atoms with E-state index in [0.29, 0.717) is 17.8 Å². The van der Waals surface area contributed by atoms with Gasteiger partial charge in [-0.2, -0.15) is 10.4 Å². The third kappa shape index (κ3) is 3.55. The Morgan fingerprint density at radius 3 is 2.73 bits per heavy atom. The van der Waals surface area contributed by atoms with Crippen molar-refractivity contribution < 1.29 is 4.79 Å². The molecule has 1 aromatic heterocycles. The molecule has 1 heterocycles. The molecule has 2 aromatic carbocycles. The number of nitriles is 1. The molecule has 3 aromatic rings. The normalized spacial score (nSPS) is 10.2. The summed E-state index contributed by atoms with van der Waals surface area (Å²) < 4.78 is 1.69. The summed E-state index contributed by atoms with van der Waals surface area (Å²) in [6.07, 6.45) is 3.10. The number of amides is 1. The molecule has 0 fully saturated rings. The van der Waals surface area contributed by atoms with Gasteiger partial charge in [0.1, 0.15) is 5.69 Å². The molecule has 0 unspecified atom stereocenters. The zero-order chi connectivity index (χ0) is 18.5. The number of aromatic nitrogens is 2. The zero-order valence-electron chi connectivity index (χ0n) is 14.5. The number of carbonyl (C=O) groups excluding carboxylic acids is 1. The first-order chi connectivity index (χ1) is 12.6. The average molecular weight is 342 g/mol. The number of hydrogen-bond donors (Lipinski definition) is 0. The lowest BCUT2D eigenvalue weighted by Crippen LogP contribution is -2.28. The average Bonchev–Trinajstić information content (AvgIpc) is 3.07. The fraction of sp³-hybridized carbons (Fsp3) is 0.0952. The van der Waals surface area contributed by atoms with Gasteiger partial charge in [0.05, 0.1) is 23.9 Å². The van der Waals surface area contributed by atoms with Crippen LogP contribution >= 0.6 is 0 Å². The van der Waals surface area contributed by atoms with Gasteiger partial charge in [0.25, 0.3) is 5.91 Å². The largest absolute Gasteiger partial charge is 0.301 e. The molecule has 0 radical (unpaired) electrons. The minimum atomic E-state index is -0.224. The van der Waals surface area contributed by atoms with Gasteiger partial charge in [-0.1, -0.05) is 49.0 Å². The highest BCUT2D eigenvalue weighted by Gasteiger charge is 2.21. The maximum atomic E-state index is 12.6. The Hall–Kier alpha value is -3.65. The van der Waals surface area contributed by atoms with E-state index in [2.05, 4.69) is 17.7 Å². The molecular weight excluding hydrogens is 324 g/mol. The standard InChI is InChI=1S/C21H18N4O/c1-3-20(26)25(14-17-9-7-8-16(12-17)13-22)19-15-24(2)23-21(19)18-10-5-4-6-11-18/h3-12,15H,1,14H2,2H3. The van der Waals surface area contributed by atoms with E-state index in [1.165, 1.54) is 6.08 Å². The number of aryl methyl sites for hydroxylation is 1. The number of benzene rings is 2. The molecule has 128 valence electrons. The molecule has 26 heavy (non-hydrogen) atoms. The number of anilines is 1. The van der Waals surface area contributed by atoms with Gasteiger partial charge < -0.3 is 4.90 Å². The monoisotopic (exact) mass is 342 g/mol. The van der Waals surface area contributed by atoms with Gasteiger partial charge in [-0.3, -0.25) is 9.48 Å². The van der Waals surface area contributed by atoms with Gasteiger partial charge in [-0.25, -0.2) is 0 Å². The second-order valence-corrected chi connectivity index (χ2v) is 5.84. The van der Waals surface area contributed by atoms with E-state index in [-0.39, 0.29) is 5.91 Å². The first-order valence-corrected chi connectivity index (χ1v) is 8.14. The topological polar surface area (TPSA) is 61.9 Å². The summed E-state index contributed by atoms with van der Waals surface area (Å²) in [7, 11) is 1.82. The Morgan fingerprint density at radius 2 is 2.04 bits per heavy atom. The van der Waals surface area contributed by atoms with E-state index >= 15 is 0 Å². The first kappa shape index (κ1) is 17.2. The van der Waals surface area contributed by atoms with Crippen molar-refractivity contribution in [3.05, 3.63) is 84.6 Å². The summed E-state index contributed by atoms with van der Waals surface area (Å²) in [4.78, 5) is 14.2. The summed E-state index contributed by atoms with van der Waals surface area (Å²) in [5, 5.41) is 13.6. The fourth-order valence-electron chi connectivity index (χ4n) is 2.79. The van der Waals surface area contributed by atoms with Crippen LogP contribution in [-0.2, 0) is 18.4 Å². The van der Waals surface area contributed by atoms with Gasteiger partial charge in [0.2, 0.25) is 0 Å². The summed E-state index contributed by atoms with van der Waals surface area (Å²) in [5.41, 5.74) is 3.77. The Kier molecular flexibility index (Phi) is 4.95. The van der Waals surface area contributed by atoms with Crippen LogP contribution in [0.25, 0.3) is 11.3 Å². The van der Waals surface area contributed by atoms with Crippen molar-refractivity contribution >= 4 is 11.6 Å². The van der Waals surface area contributed by atoms with Crippen molar-refractivity contribution in [3.63, 3.8) is 0 Å². The molecule has 0 saturated heterocycles. The maximum absolute atomic E-state index is 12.6. The van der Waals surface area contributed by atoms with Crippen molar-refractivity contribution in [2.45, 2.75) is 6.54 Å². The van der Waals surface area contributed by atoms with Crippen LogP contribution in [0.2, 0.25) is 0 Å². The lowest BCUT2D eigenvalue weighted by atomic mass is 10.1. The van der Waals surface area contributed by atoms with Crippen LogP contribution < -0.4 is 4.90 Å². The van der Waals surface area contributed by atoms with E-state index < -0.39 is 0 Å². The molecule has 0 aliphatic carbocycles. The van der Waals surface area contributed by atoms with Crippen molar-refractivity contribution in [2.75, 3.05) is 4.90 Å². The second-order valence-electron chi connectivity index (χ2n) is 5.84. The van der Waals surface area contributed by atoms with Crippen molar-refractivity contribution in [3.8, 4) is 17.3 Å². The van der Waals surface area contributed by atoms with E-state index in [0.717, 1.165) is 16.8 Å². The molecule has 5 nitrogen and oxygen atoms in total. The van der Waals surface area contributed by atoms with E-state index in [1.54, 1.807) is 21.7 Å². The van der Waals surface area contributed by atoms with Gasteiger partial charge >= 0.3 is 0 Å². The van der Waals surface area contributed by atoms with Crippen molar-refractivity contribution in [1.29, 1.82) is 5.26 Å². The molecule has 0 saturated carbocycles. The minimum Gasteiger partial charge on any atom is -0.301 e. The third-order valence-corrected chi connectivity index (χ3v) is 3.98. The Balaban J connectivity index is 2.05. The molecule has 0 bridgehead atoms. The van der Waals surface area contributed by atoms with Gasteiger partial charge in [0, 0.05) is 18.8 Å². The van der Waals surface area contributed by atoms with Crippen molar-refractivity contribution in [1.82, 2.24) is 9.78 Å². The summed E-state index contributed by atoms with van der Waals surface area (Å²) in [6, 6.07) is 19.1. The molecule has 3 rings (SSSR count). The van der Waals surface area contributed by atoms with E-state index in [4.69, 9.17) is 5.26 Å². The van der Waals surface area contributed by atoms with Gasteiger partial charge in [-0.15, -0.1) is 0 Å². The molecular formula is C21H18N4O. The number of hydrogen-bond acceptors (Lipinski definition) is 3. The lowest BCUT2D eigenvalue weighted by molar-refractivity contribution is -0.114. The highest BCUT2D eigenvalue weighted by atomic mass is 16.2. The van der Waals surface area contributed by atoms with Crippen LogP contribution in [0, 0.1) is 11.3 Å². The third-order valence-electron chi connectivity index (χ3n) is 3.98. The summed E-state index contributed by atoms with van der Waals surface area (Å²) in [6.45, 7) is 3.95. The minimum absolute atomic E-state index is 0.224. The Bertz CT molecular complexity index is 983. The SMILES string of the molecule is C=CC(=O)N(Cc1cccc(C#N)c1)c1cn(C)nc1-c1ccccc1. The van der Waals surface area contributed by atoms with Gasteiger partial charge in [-0.05, 0) is 23.8 Å². The molecule has 5 heteroatoms. The summed E-state index contributed by atoms with van der Waals surface area (Å²) in [5.74, 6) is -0.224. The van der Waals surface area contributed by atoms with E-state index in [9.17, 15) is 4.79 Å². The predicted octanol–water partition coefficient (Wildman–Crippen LogP) is 3.68. The highest BCUT2D eigenvalue weighted by molar-refractivity contribution is 6.03. The molecule has 0 aliphatic rings. The summed E-state index contributed by atoms with van der Waals surface area (Å²) >= 11 is 0.